The number of rotatable bonds is 4. The Bertz CT molecular complexity index is 533. The summed E-state index contributed by atoms with van der Waals surface area (Å²) in [7, 11) is 0. The molecule has 110 valence electrons. The molecule has 0 aliphatic heterocycles. The highest BCUT2D eigenvalue weighted by atomic mass is 79.9. The smallest absolute Gasteiger partial charge is 0.332 e. The topological polar surface area (TPSA) is 65.1 Å². The SMILES string of the molecule is O=c1ccn(CC2(CBr)CCCCCC2)cc1[N+](=O)[O-]. The van der Waals surface area contributed by atoms with Gasteiger partial charge < -0.3 is 4.57 Å². The fourth-order valence-corrected chi connectivity index (χ4v) is 3.69. The Morgan fingerprint density at radius 2 is 1.95 bits per heavy atom. The van der Waals surface area contributed by atoms with Crippen molar-refractivity contribution in [3.8, 4) is 0 Å². The van der Waals surface area contributed by atoms with Gasteiger partial charge in [0.1, 0.15) is 0 Å². The van der Waals surface area contributed by atoms with Crippen LogP contribution in [0, 0.1) is 15.5 Å². The van der Waals surface area contributed by atoms with E-state index in [-0.39, 0.29) is 11.1 Å². The van der Waals surface area contributed by atoms with Gasteiger partial charge in [-0.1, -0.05) is 41.6 Å². The van der Waals surface area contributed by atoms with Gasteiger partial charge in [-0.15, -0.1) is 0 Å². The van der Waals surface area contributed by atoms with Crippen molar-refractivity contribution in [3.63, 3.8) is 0 Å². The van der Waals surface area contributed by atoms with Crippen LogP contribution in [0.25, 0.3) is 0 Å². The molecular weight excluding hydrogens is 324 g/mol. The summed E-state index contributed by atoms with van der Waals surface area (Å²) < 4.78 is 1.80. The number of nitro groups is 1. The van der Waals surface area contributed by atoms with Crippen LogP contribution in [0.2, 0.25) is 0 Å². The lowest BCUT2D eigenvalue weighted by atomic mass is 9.82. The average Bonchev–Trinajstić information content (AvgIpc) is 2.67. The standard InChI is InChI=1S/C14H19BrN2O3/c15-10-14(6-3-1-2-4-7-14)11-16-8-5-13(18)12(9-16)17(19)20/h5,8-9H,1-4,6-7,10-11H2. The van der Waals surface area contributed by atoms with E-state index in [1.54, 1.807) is 10.8 Å². The Hall–Kier alpha value is -1.17. The lowest BCUT2D eigenvalue weighted by Gasteiger charge is -2.31. The second-order valence-corrected chi connectivity index (χ2v) is 6.23. The van der Waals surface area contributed by atoms with Crippen LogP contribution in [-0.4, -0.2) is 14.8 Å². The zero-order valence-corrected chi connectivity index (χ0v) is 13.0. The van der Waals surface area contributed by atoms with Crippen molar-refractivity contribution in [1.29, 1.82) is 0 Å². The zero-order valence-electron chi connectivity index (χ0n) is 11.4. The first-order chi connectivity index (χ1) is 9.56. The first-order valence-electron chi connectivity index (χ1n) is 6.97. The largest absolute Gasteiger partial charge is 0.347 e. The minimum absolute atomic E-state index is 0.138. The van der Waals surface area contributed by atoms with Gasteiger partial charge in [-0.2, -0.15) is 0 Å². The molecule has 1 heterocycles. The highest BCUT2D eigenvalue weighted by Crippen LogP contribution is 2.38. The Balaban J connectivity index is 2.25. The van der Waals surface area contributed by atoms with Crippen molar-refractivity contribution in [1.82, 2.24) is 4.57 Å². The molecule has 1 aliphatic carbocycles. The van der Waals surface area contributed by atoms with Gasteiger partial charge in [0.05, 0.1) is 11.1 Å². The van der Waals surface area contributed by atoms with E-state index in [0.29, 0.717) is 0 Å². The maximum Gasteiger partial charge on any atom is 0.332 e. The molecule has 5 nitrogen and oxygen atoms in total. The zero-order chi connectivity index (χ0) is 14.6. The molecule has 1 saturated carbocycles. The number of alkyl halides is 1. The van der Waals surface area contributed by atoms with E-state index in [1.807, 2.05) is 0 Å². The molecule has 0 aromatic carbocycles. The van der Waals surface area contributed by atoms with Gasteiger partial charge in [0.2, 0.25) is 0 Å². The van der Waals surface area contributed by atoms with E-state index in [2.05, 4.69) is 15.9 Å². The molecule has 0 atom stereocenters. The Morgan fingerprint density at radius 1 is 1.30 bits per heavy atom. The van der Waals surface area contributed by atoms with E-state index in [1.165, 1.54) is 37.9 Å². The van der Waals surface area contributed by atoms with Gasteiger partial charge >= 0.3 is 5.69 Å². The van der Waals surface area contributed by atoms with E-state index in [4.69, 9.17) is 0 Å². The molecule has 0 N–H and O–H groups in total. The molecule has 1 aromatic rings. The molecule has 0 saturated heterocycles. The third-order valence-corrected chi connectivity index (χ3v) is 5.31. The summed E-state index contributed by atoms with van der Waals surface area (Å²) in [4.78, 5) is 21.7. The number of nitrogens with zero attached hydrogens (tertiary/aromatic N) is 2. The van der Waals surface area contributed by atoms with Crippen molar-refractivity contribution >= 4 is 21.6 Å². The molecule has 1 aromatic heterocycles. The summed E-state index contributed by atoms with van der Waals surface area (Å²) in [5, 5.41) is 11.7. The Kier molecular flexibility index (Phi) is 4.96. The fourth-order valence-electron chi connectivity index (χ4n) is 2.95. The fraction of sp³-hybridized carbons (Fsp3) is 0.643. The van der Waals surface area contributed by atoms with Crippen LogP contribution in [0.4, 0.5) is 5.69 Å². The summed E-state index contributed by atoms with van der Waals surface area (Å²) in [6.07, 6.45) is 10.2. The van der Waals surface area contributed by atoms with Crippen molar-refractivity contribution in [3.05, 3.63) is 38.8 Å². The van der Waals surface area contributed by atoms with Crippen molar-refractivity contribution in [2.75, 3.05) is 5.33 Å². The number of hydrogen-bond acceptors (Lipinski definition) is 3. The molecule has 0 amide bonds. The number of pyridine rings is 1. The predicted octanol–water partition coefficient (Wildman–Crippen LogP) is 3.49. The van der Waals surface area contributed by atoms with Crippen molar-refractivity contribution < 1.29 is 4.92 Å². The van der Waals surface area contributed by atoms with Crippen LogP contribution in [0.3, 0.4) is 0 Å². The van der Waals surface area contributed by atoms with Crippen molar-refractivity contribution in [2.45, 2.75) is 45.1 Å². The van der Waals surface area contributed by atoms with Crippen LogP contribution < -0.4 is 5.43 Å². The minimum atomic E-state index is -0.604. The summed E-state index contributed by atoms with van der Waals surface area (Å²) >= 11 is 3.61. The molecule has 0 radical (unpaired) electrons. The summed E-state index contributed by atoms with van der Waals surface area (Å²) in [6.45, 7) is 0.722. The van der Waals surface area contributed by atoms with E-state index < -0.39 is 10.4 Å². The minimum Gasteiger partial charge on any atom is -0.347 e. The summed E-state index contributed by atoms with van der Waals surface area (Å²) in [5.41, 5.74) is -0.731. The van der Waals surface area contributed by atoms with E-state index in [0.717, 1.165) is 24.7 Å². The average molecular weight is 343 g/mol. The third-order valence-electron chi connectivity index (χ3n) is 4.12. The van der Waals surface area contributed by atoms with Gasteiger partial charge in [-0.3, -0.25) is 14.9 Å². The molecule has 6 heteroatoms. The van der Waals surface area contributed by atoms with Gasteiger partial charge in [-0.25, -0.2) is 0 Å². The maximum absolute atomic E-state index is 11.4. The normalized spacial score (nSPS) is 18.4. The van der Waals surface area contributed by atoms with E-state index >= 15 is 0 Å². The second kappa shape index (κ2) is 6.52. The van der Waals surface area contributed by atoms with Crippen LogP contribution in [0.1, 0.15) is 38.5 Å². The van der Waals surface area contributed by atoms with Crippen LogP contribution in [0.5, 0.6) is 0 Å². The van der Waals surface area contributed by atoms with Crippen LogP contribution >= 0.6 is 15.9 Å². The van der Waals surface area contributed by atoms with Gasteiger partial charge in [0.15, 0.2) is 0 Å². The molecule has 0 bridgehead atoms. The Morgan fingerprint density at radius 3 is 2.50 bits per heavy atom. The monoisotopic (exact) mass is 342 g/mol. The third kappa shape index (κ3) is 3.48. The van der Waals surface area contributed by atoms with Crippen LogP contribution in [-0.2, 0) is 6.54 Å². The highest BCUT2D eigenvalue weighted by molar-refractivity contribution is 9.09. The van der Waals surface area contributed by atoms with Gasteiger partial charge in [0, 0.05) is 24.1 Å². The summed E-state index contributed by atoms with van der Waals surface area (Å²) in [5.74, 6) is 0. The van der Waals surface area contributed by atoms with Crippen molar-refractivity contribution in [2.24, 2.45) is 5.41 Å². The quantitative estimate of drug-likeness (QED) is 0.364. The summed E-state index contributed by atoms with van der Waals surface area (Å²) in [6, 6.07) is 1.29. The highest BCUT2D eigenvalue weighted by Gasteiger charge is 2.30. The molecule has 2 rings (SSSR count). The lowest BCUT2D eigenvalue weighted by molar-refractivity contribution is -0.386. The first kappa shape index (κ1) is 15.2. The maximum atomic E-state index is 11.4. The molecular formula is C14H19BrN2O3. The predicted molar refractivity (Wildman–Crippen MR) is 81.3 cm³/mol. The molecule has 1 fully saturated rings. The van der Waals surface area contributed by atoms with Gasteiger partial charge in [-0.05, 0) is 18.3 Å². The van der Waals surface area contributed by atoms with E-state index in [9.17, 15) is 14.9 Å². The Labute approximate surface area is 126 Å². The lowest BCUT2D eigenvalue weighted by Crippen LogP contribution is -2.28. The number of hydrogen-bond donors (Lipinski definition) is 0. The van der Waals surface area contributed by atoms with Gasteiger partial charge in [0.25, 0.3) is 5.43 Å². The van der Waals surface area contributed by atoms with Crippen LogP contribution in [0.15, 0.2) is 23.3 Å². The first-order valence-corrected chi connectivity index (χ1v) is 8.09. The molecule has 1 aliphatic rings. The molecule has 0 unspecified atom stereocenters. The number of aromatic nitrogens is 1. The second-order valence-electron chi connectivity index (χ2n) is 5.67. The number of halogens is 1. The molecule has 20 heavy (non-hydrogen) atoms. The molecule has 0 spiro atoms.